The Kier molecular flexibility index (Phi) is 3.76. The number of carbonyl (C=O) groups is 1. The Balaban J connectivity index is 1.86. The van der Waals surface area contributed by atoms with E-state index >= 15 is 0 Å². The molecular weight excluding hydrogens is 248 g/mol. The topological polar surface area (TPSA) is 75.3 Å². The van der Waals surface area contributed by atoms with Gasteiger partial charge in [-0.05, 0) is 12.8 Å². The van der Waals surface area contributed by atoms with E-state index < -0.39 is 9.84 Å². The second-order valence-corrected chi connectivity index (χ2v) is 7.49. The molecule has 2 rings (SSSR count). The Hall–Kier alpha value is -0.270. The van der Waals surface area contributed by atoms with E-state index in [1.165, 1.54) is 0 Å². The molecule has 2 N–H and O–H groups in total. The zero-order valence-corrected chi connectivity index (χ0v) is 10.6. The van der Waals surface area contributed by atoms with Crippen LogP contribution < -0.4 is 10.6 Å². The van der Waals surface area contributed by atoms with E-state index in [-0.39, 0.29) is 29.5 Å². The zero-order valence-electron chi connectivity index (χ0n) is 8.94. The highest BCUT2D eigenvalue weighted by molar-refractivity contribution is 7.99. The SMILES string of the molecule is O=C(NC1CCCS(=O)(=O)C1)C1CSCN1. The fraction of sp³-hybridized carbons (Fsp3) is 0.889. The molecule has 0 radical (unpaired) electrons. The lowest BCUT2D eigenvalue weighted by atomic mass is 10.1. The predicted molar refractivity (Wildman–Crippen MR) is 64.1 cm³/mol. The van der Waals surface area contributed by atoms with Gasteiger partial charge < -0.3 is 5.32 Å². The van der Waals surface area contributed by atoms with Crippen LogP contribution in [0.25, 0.3) is 0 Å². The third kappa shape index (κ3) is 3.11. The van der Waals surface area contributed by atoms with Crippen molar-refractivity contribution in [1.82, 2.24) is 10.6 Å². The van der Waals surface area contributed by atoms with Crippen LogP contribution in [0.15, 0.2) is 0 Å². The summed E-state index contributed by atoms with van der Waals surface area (Å²) >= 11 is 1.68. The Morgan fingerprint density at radius 1 is 1.44 bits per heavy atom. The van der Waals surface area contributed by atoms with Crippen LogP contribution >= 0.6 is 11.8 Å². The van der Waals surface area contributed by atoms with Crippen molar-refractivity contribution in [3.63, 3.8) is 0 Å². The van der Waals surface area contributed by atoms with E-state index in [0.717, 1.165) is 18.1 Å². The molecule has 2 unspecified atom stereocenters. The van der Waals surface area contributed by atoms with Gasteiger partial charge in [0.15, 0.2) is 9.84 Å². The number of nitrogens with one attached hydrogen (secondary N) is 2. The van der Waals surface area contributed by atoms with Crippen LogP contribution in [0.4, 0.5) is 0 Å². The number of rotatable bonds is 2. The molecule has 16 heavy (non-hydrogen) atoms. The van der Waals surface area contributed by atoms with E-state index in [1.807, 2.05) is 0 Å². The van der Waals surface area contributed by atoms with Gasteiger partial charge in [-0.15, -0.1) is 11.8 Å². The molecule has 92 valence electrons. The van der Waals surface area contributed by atoms with Gasteiger partial charge in [-0.2, -0.15) is 0 Å². The molecule has 0 saturated carbocycles. The summed E-state index contributed by atoms with van der Waals surface area (Å²) in [6.07, 6.45) is 1.42. The first-order valence-electron chi connectivity index (χ1n) is 5.39. The molecule has 0 aromatic carbocycles. The number of sulfone groups is 1. The normalized spacial score (nSPS) is 33.5. The summed E-state index contributed by atoms with van der Waals surface area (Å²) in [4.78, 5) is 11.7. The summed E-state index contributed by atoms with van der Waals surface area (Å²) in [5.74, 6) is 1.86. The van der Waals surface area contributed by atoms with Gasteiger partial charge in [-0.25, -0.2) is 8.42 Å². The molecule has 5 nitrogen and oxygen atoms in total. The lowest BCUT2D eigenvalue weighted by Gasteiger charge is -2.24. The van der Waals surface area contributed by atoms with Crippen molar-refractivity contribution in [2.45, 2.75) is 24.9 Å². The summed E-state index contributed by atoms with van der Waals surface area (Å²) in [6.45, 7) is 0. The molecule has 7 heteroatoms. The van der Waals surface area contributed by atoms with Crippen LogP contribution in [0.2, 0.25) is 0 Å². The van der Waals surface area contributed by atoms with E-state index in [1.54, 1.807) is 11.8 Å². The first kappa shape index (κ1) is 12.2. The monoisotopic (exact) mass is 264 g/mol. The average molecular weight is 264 g/mol. The van der Waals surface area contributed by atoms with Crippen LogP contribution in [0.5, 0.6) is 0 Å². The molecule has 0 aliphatic carbocycles. The highest BCUT2D eigenvalue weighted by Crippen LogP contribution is 2.14. The van der Waals surface area contributed by atoms with Crippen LogP contribution in [0.3, 0.4) is 0 Å². The molecule has 2 aliphatic rings. The average Bonchev–Trinajstić information content (AvgIpc) is 2.68. The fourth-order valence-electron chi connectivity index (χ4n) is 2.00. The van der Waals surface area contributed by atoms with Gasteiger partial charge in [0.05, 0.1) is 17.5 Å². The Labute approximate surface area is 99.7 Å². The molecule has 2 fully saturated rings. The van der Waals surface area contributed by atoms with Gasteiger partial charge in [0.2, 0.25) is 5.91 Å². The highest BCUT2D eigenvalue weighted by Gasteiger charge is 2.29. The zero-order chi connectivity index (χ0) is 11.6. The summed E-state index contributed by atoms with van der Waals surface area (Å²) < 4.78 is 22.8. The third-order valence-corrected chi connectivity index (χ3v) is 5.60. The fourth-order valence-corrected chi connectivity index (χ4v) is 4.58. The minimum Gasteiger partial charge on any atom is -0.351 e. The van der Waals surface area contributed by atoms with Gasteiger partial charge in [0.1, 0.15) is 0 Å². The van der Waals surface area contributed by atoms with Crippen molar-refractivity contribution in [3.05, 3.63) is 0 Å². The van der Waals surface area contributed by atoms with Crippen molar-refractivity contribution < 1.29 is 13.2 Å². The standard InChI is InChI=1S/C9H16N2O3S2/c12-9(8-4-15-6-10-8)11-7-2-1-3-16(13,14)5-7/h7-8,10H,1-6H2,(H,11,12). The maximum atomic E-state index is 11.7. The van der Waals surface area contributed by atoms with Crippen molar-refractivity contribution in [1.29, 1.82) is 0 Å². The van der Waals surface area contributed by atoms with Gasteiger partial charge >= 0.3 is 0 Å². The number of hydrogen-bond donors (Lipinski definition) is 2. The Morgan fingerprint density at radius 3 is 2.88 bits per heavy atom. The molecule has 2 saturated heterocycles. The van der Waals surface area contributed by atoms with Gasteiger partial charge in [-0.1, -0.05) is 0 Å². The molecule has 0 aromatic heterocycles. The lowest BCUT2D eigenvalue weighted by molar-refractivity contribution is -0.123. The Bertz CT molecular complexity index is 363. The molecular formula is C9H16N2O3S2. The van der Waals surface area contributed by atoms with Gasteiger partial charge in [0, 0.05) is 17.7 Å². The lowest BCUT2D eigenvalue weighted by Crippen LogP contribution is -2.50. The smallest absolute Gasteiger partial charge is 0.238 e. The summed E-state index contributed by atoms with van der Waals surface area (Å²) in [5, 5.41) is 5.89. The summed E-state index contributed by atoms with van der Waals surface area (Å²) in [7, 11) is -2.94. The van der Waals surface area contributed by atoms with Crippen molar-refractivity contribution in [3.8, 4) is 0 Å². The van der Waals surface area contributed by atoms with Crippen molar-refractivity contribution >= 4 is 27.5 Å². The largest absolute Gasteiger partial charge is 0.351 e. The minimum absolute atomic E-state index is 0.0629. The maximum Gasteiger partial charge on any atom is 0.238 e. The number of thioether (sulfide) groups is 1. The van der Waals surface area contributed by atoms with Crippen molar-refractivity contribution in [2.75, 3.05) is 23.1 Å². The van der Waals surface area contributed by atoms with E-state index in [2.05, 4.69) is 10.6 Å². The number of hydrogen-bond acceptors (Lipinski definition) is 5. The minimum atomic E-state index is -2.94. The number of carbonyl (C=O) groups excluding carboxylic acids is 1. The molecule has 0 bridgehead atoms. The molecule has 2 aliphatic heterocycles. The van der Waals surface area contributed by atoms with Crippen molar-refractivity contribution in [2.24, 2.45) is 0 Å². The first-order chi connectivity index (χ1) is 7.57. The van der Waals surface area contributed by atoms with Crippen LogP contribution in [-0.2, 0) is 14.6 Å². The quantitative estimate of drug-likeness (QED) is 0.693. The predicted octanol–water partition coefficient (Wildman–Crippen LogP) is -0.658. The molecule has 0 aromatic rings. The van der Waals surface area contributed by atoms with Gasteiger partial charge in [-0.3, -0.25) is 10.1 Å². The van der Waals surface area contributed by atoms with Gasteiger partial charge in [0.25, 0.3) is 0 Å². The molecule has 1 amide bonds. The van der Waals surface area contributed by atoms with E-state index in [0.29, 0.717) is 6.42 Å². The summed E-state index contributed by atoms with van der Waals surface area (Å²) in [5.41, 5.74) is 0. The highest BCUT2D eigenvalue weighted by atomic mass is 32.2. The number of amides is 1. The molecule has 2 atom stereocenters. The second-order valence-electron chi connectivity index (χ2n) is 4.23. The van der Waals surface area contributed by atoms with E-state index in [9.17, 15) is 13.2 Å². The second kappa shape index (κ2) is 4.93. The molecule has 0 spiro atoms. The van der Waals surface area contributed by atoms with Crippen LogP contribution in [0.1, 0.15) is 12.8 Å². The molecule has 2 heterocycles. The summed E-state index contributed by atoms with van der Waals surface area (Å²) in [6, 6.07) is -0.353. The van der Waals surface area contributed by atoms with Crippen LogP contribution in [0, 0.1) is 0 Å². The Morgan fingerprint density at radius 2 is 2.25 bits per heavy atom. The third-order valence-electron chi connectivity index (χ3n) is 2.84. The van der Waals surface area contributed by atoms with E-state index in [4.69, 9.17) is 0 Å². The van der Waals surface area contributed by atoms with Crippen LogP contribution in [-0.4, -0.2) is 49.5 Å². The first-order valence-corrected chi connectivity index (χ1v) is 8.36. The maximum absolute atomic E-state index is 11.7.